The molecule has 0 saturated heterocycles. The zero-order chi connectivity index (χ0) is 8.85. The molecule has 0 fully saturated rings. The van der Waals surface area contributed by atoms with Gasteiger partial charge < -0.3 is 4.90 Å². The average molecular weight is 157 g/mol. The number of nitrogens with zero attached hydrogens (tertiary/aromatic N) is 1. The minimum atomic E-state index is 0.773. The van der Waals surface area contributed by atoms with Crippen LogP contribution in [0.15, 0.2) is 0 Å². The van der Waals surface area contributed by atoms with Crippen molar-refractivity contribution in [3.63, 3.8) is 0 Å². The van der Waals surface area contributed by atoms with Crippen molar-refractivity contribution in [3.05, 3.63) is 0 Å². The molecule has 1 nitrogen and oxygen atoms in total. The van der Waals surface area contributed by atoms with Gasteiger partial charge in [0.05, 0.1) is 0 Å². The maximum absolute atomic E-state index is 2.48. The van der Waals surface area contributed by atoms with Crippen molar-refractivity contribution in [2.45, 2.75) is 46.6 Å². The van der Waals surface area contributed by atoms with E-state index in [1.165, 1.54) is 19.4 Å². The lowest BCUT2D eigenvalue weighted by atomic mass is 10.0. The van der Waals surface area contributed by atoms with Gasteiger partial charge in [-0.15, -0.1) is 0 Å². The van der Waals surface area contributed by atoms with Crippen molar-refractivity contribution in [2.75, 3.05) is 13.6 Å². The molecule has 1 atom stereocenters. The highest BCUT2D eigenvalue weighted by Crippen LogP contribution is 2.12. The van der Waals surface area contributed by atoms with Crippen LogP contribution in [0.4, 0.5) is 0 Å². The molecule has 0 aromatic carbocycles. The third-order valence-corrected chi connectivity index (χ3v) is 2.33. The summed E-state index contributed by atoms with van der Waals surface area (Å²) in [5.41, 5.74) is 0. The molecule has 0 aromatic heterocycles. The minimum Gasteiger partial charge on any atom is -0.303 e. The lowest BCUT2D eigenvalue weighted by Crippen LogP contribution is -2.35. The summed E-state index contributed by atoms with van der Waals surface area (Å²) in [6, 6.07) is 0.773. The van der Waals surface area contributed by atoms with Gasteiger partial charge >= 0.3 is 0 Å². The van der Waals surface area contributed by atoms with Gasteiger partial charge in [-0.1, -0.05) is 27.7 Å². The fourth-order valence-electron chi connectivity index (χ4n) is 1.81. The quantitative estimate of drug-likeness (QED) is 0.593. The molecule has 0 aliphatic heterocycles. The van der Waals surface area contributed by atoms with Crippen LogP contribution in [-0.4, -0.2) is 24.5 Å². The van der Waals surface area contributed by atoms with Crippen molar-refractivity contribution in [2.24, 2.45) is 5.92 Å². The molecular formula is C10H23N. The Balaban J connectivity index is 3.81. The van der Waals surface area contributed by atoms with Crippen molar-refractivity contribution >= 4 is 0 Å². The first-order valence-electron chi connectivity index (χ1n) is 4.83. The van der Waals surface area contributed by atoms with Gasteiger partial charge in [-0.3, -0.25) is 0 Å². The second-order valence-corrected chi connectivity index (χ2v) is 3.70. The van der Waals surface area contributed by atoms with E-state index in [-0.39, 0.29) is 0 Å². The Morgan fingerprint density at radius 1 is 1.18 bits per heavy atom. The third kappa shape index (κ3) is 3.76. The molecule has 0 saturated carbocycles. The summed E-state index contributed by atoms with van der Waals surface area (Å²) in [5.74, 6) is 0.788. The standard InChI is InChI=1S/C10H23N/c1-6-8-11(5)10(7-2)9(3)4/h9-10H,6-8H2,1-5H3. The van der Waals surface area contributed by atoms with E-state index in [1.54, 1.807) is 0 Å². The average Bonchev–Trinajstić information content (AvgIpc) is 1.88. The van der Waals surface area contributed by atoms with Crippen molar-refractivity contribution in [1.82, 2.24) is 4.90 Å². The highest BCUT2D eigenvalue weighted by Gasteiger charge is 2.14. The topological polar surface area (TPSA) is 3.24 Å². The Hall–Kier alpha value is -0.0400. The van der Waals surface area contributed by atoms with Crippen LogP contribution >= 0.6 is 0 Å². The maximum Gasteiger partial charge on any atom is 0.0113 e. The predicted molar refractivity (Wildman–Crippen MR) is 51.8 cm³/mol. The van der Waals surface area contributed by atoms with E-state index in [1.807, 2.05) is 0 Å². The molecule has 68 valence electrons. The van der Waals surface area contributed by atoms with Crippen molar-refractivity contribution in [1.29, 1.82) is 0 Å². The molecule has 0 aliphatic carbocycles. The Morgan fingerprint density at radius 2 is 1.73 bits per heavy atom. The lowest BCUT2D eigenvalue weighted by Gasteiger charge is -2.29. The van der Waals surface area contributed by atoms with Crippen molar-refractivity contribution in [3.8, 4) is 0 Å². The second kappa shape index (κ2) is 5.59. The third-order valence-electron chi connectivity index (χ3n) is 2.33. The van der Waals surface area contributed by atoms with E-state index in [4.69, 9.17) is 0 Å². The highest BCUT2D eigenvalue weighted by atomic mass is 15.1. The first-order chi connectivity index (χ1) is 5.13. The van der Waals surface area contributed by atoms with E-state index in [9.17, 15) is 0 Å². The SMILES string of the molecule is CCCN(C)C(CC)C(C)C. The summed E-state index contributed by atoms with van der Waals surface area (Å²) in [4.78, 5) is 2.48. The molecule has 0 N–H and O–H groups in total. The van der Waals surface area contributed by atoms with E-state index < -0.39 is 0 Å². The van der Waals surface area contributed by atoms with Gasteiger partial charge in [0.25, 0.3) is 0 Å². The number of rotatable bonds is 5. The van der Waals surface area contributed by atoms with E-state index in [0.717, 1.165) is 12.0 Å². The van der Waals surface area contributed by atoms with E-state index in [0.29, 0.717) is 0 Å². The zero-order valence-corrected chi connectivity index (χ0v) is 8.72. The molecule has 11 heavy (non-hydrogen) atoms. The van der Waals surface area contributed by atoms with Gasteiger partial charge in [0.15, 0.2) is 0 Å². The number of hydrogen-bond acceptors (Lipinski definition) is 1. The fourth-order valence-corrected chi connectivity index (χ4v) is 1.81. The van der Waals surface area contributed by atoms with Gasteiger partial charge in [-0.2, -0.15) is 0 Å². The van der Waals surface area contributed by atoms with Gasteiger partial charge in [-0.05, 0) is 32.4 Å². The van der Waals surface area contributed by atoms with Crippen LogP contribution in [0.25, 0.3) is 0 Å². The van der Waals surface area contributed by atoms with Crippen LogP contribution < -0.4 is 0 Å². The van der Waals surface area contributed by atoms with E-state index >= 15 is 0 Å². The number of hydrogen-bond donors (Lipinski definition) is 0. The monoisotopic (exact) mass is 157 g/mol. The second-order valence-electron chi connectivity index (χ2n) is 3.70. The predicted octanol–water partition coefficient (Wildman–Crippen LogP) is 2.76. The van der Waals surface area contributed by atoms with Crippen LogP contribution in [0, 0.1) is 5.92 Å². The van der Waals surface area contributed by atoms with Crippen LogP contribution in [0.1, 0.15) is 40.5 Å². The van der Waals surface area contributed by atoms with Crippen LogP contribution in [0.3, 0.4) is 0 Å². The molecule has 0 spiro atoms. The maximum atomic E-state index is 2.48. The molecule has 0 bridgehead atoms. The van der Waals surface area contributed by atoms with Crippen LogP contribution in [0.2, 0.25) is 0 Å². The van der Waals surface area contributed by atoms with Gasteiger partial charge in [0.2, 0.25) is 0 Å². The molecule has 0 aromatic rings. The molecule has 1 unspecified atom stereocenters. The summed E-state index contributed by atoms with van der Waals surface area (Å²) in [6.07, 6.45) is 2.54. The zero-order valence-electron chi connectivity index (χ0n) is 8.72. The Kier molecular flexibility index (Phi) is 5.57. The molecule has 0 heterocycles. The molecule has 0 amide bonds. The Morgan fingerprint density at radius 3 is 2.00 bits per heavy atom. The lowest BCUT2D eigenvalue weighted by molar-refractivity contribution is 0.187. The highest BCUT2D eigenvalue weighted by molar-refractivity contribution is 4.69. The fraction of sp³-hybridized carbons (Fsp3) is 1.00. The summed E-state index contributed by atoms with van der Waals surface area (Å²) >= 11 is 0. The van der Waals surface area contributed by atoms with E-state index in [2.05, 4.69) is 39.6 Å². The first-order valence-corrected chi connectivity index (χ1v) is 4.83. The molecule has 0 radical (unpaired) electrons. The Labute approximate surface area is 71.8 Å². The summed E-state index contributed by atoms with van der Waals surface area (Å²) in [7, 11) is 2.23. The minimum absolute atomic E-state index is 0.773. The molecule has 1 heteroatoms. The molecular weight excluding hydrogens is 134 g/mol. The Bertz CT molecular complexity index is 88.9. The normalized spacial score (nSPS) is 14.5. The molecule has 0 aliphatic rings. The van der Waals surface area contributed by atoms with Crippen LogP contribution in [0.5, 0.6) is 0 Å². The molecule has 0 rings (SSSR count). The summed E-state index contributed by atoms with van der Waals surface area (Å²) < 4.78 is 0. The van der Waals surface area contributed by atoms with Gasteiger partial charge in [0, 0.05) is 6.04 Å². The smallest absolute Gasteiger partial charge is 0.0113 e. The van der Waals surface area contributed by atoms with Crippen LogP contribution in [-0.2, 0) is 0 Å². The first kappa shape index (κ1) is 11.0. The van der Waals surface area contributed by atoms with Crippen molar-refractivity contribution < 1.29 is 0 Å². The largest absolute Gasteiger partial charge is 0.303 e. The summed E-state index contributed by atoms with van der Waals surface area (Å²) in [6.45, 7) is 10.4. The van der Waals surface area contributed by atoms with Gasteiger partial charge in [0.1, 0.15) is 0 Å². The van der Waals surface area contributed by atoms with Gasteiger partial charge in [-0.25, -0.2) is 0 Å². The summed E-state index contributed by atoms with van der Waals surface area (Å²) in [5, 5.41) is 0.